The van der Waals surface area contributed by atoms with Gasteiger partial charge in [-0.15, -0.1) is 0 Å². The standard InChI is InChI=1S/C23H28N6O/c30-22(19-11-24-2-3-25-19)29-4-1-18-20(12-29)27-14-28-21(18)26-13-23-8-15-5-16(9-23)7-17(6-15)10-23/h2-3,11,14-17H,1,4-10,12-13H2,(H,26,27,28). The quantitative estimate of drug-likeness (QED) is 0.843. The molecule has 4 saturated carbocycles. The number of anilines is 1. The van der Waals surface area contributed by atoms with E-state index in [1.54, 1.807) is 18.7 Å². The first-order valence-electron chi connectivity index (χ1n) is 11.3. The monoisotopic (exact) mass is 404 g/mol. The number of hydrogen-bond acceptors (Lipinski definition) is 6. The van der Waals surface area contributed by atoms with E-state index in [0.717, 1.165) is 42.2 Å². The van der Waals surface area contributed by atoms with E-state index < -0.39 is 0 Å². The summed E-state index contributed by atoms with van der Waals surface area (Å²) in [5, 5.41) is 3.73. The maximum atomic E-state index is 12.7. The molecule has 0 aromatic carbocycles. The summed E-state index contributed by atoms with van der Waals surface area (Å²) in [5.74, 6) is 3.76. The molecule has 156 valence electrons. The predicted molar refractivity (Wildman–Crippen MR) is 112 cm³/mol. The lowest BCUT2D eigenvalue weighted by molar-refractivity contribution is -0.0444. The molecule has 7 rings (SSSR count). The molecule has 4 bridgehead atoms. The topological polar surface area (TPSA) is 83.9 Å². The van der Waals surface area contributed by atoms with Crippen LogP contribution in [0.5, 0.6) is 0 Å². The van der Waals surface area contributed by atoms with Crippen molar-refractivity contribution in [3.63, 3.8) is 0 Å². The SMILES string of the molecule is O=C(c1cnccn1)N1CCc2c(ncnc2NCC23CC4CC(CC(C4)C2)C3)C1. The van der Waals surface area contributed by atoms with Crippen molar-refractivity contribution in [3.05, 3.63) is 41.9 Å². The van der Waals surface area contributed by atoms with Gasteiger partial charge in [-0.3, -0.25) is 9.78 Å². The Hall–Kier alpha value is -2.57. The lowest BCUT2D eigenvalue weighted by atomic mass is 9.49. The summed E-state index contributed by atoms with van der Waals surface area (Å²) in [6, 6.07) is 0. The summed E-state index contributed by atoms with van der Waals surface area (Å²) < 4.78 is 0. The van der Waals surface area contributed by atoms with Gasteiger partial charge in [0, 0.05) is 31.0 Å². The molecule has 0 saturated heterocycles. The molecule has 3 heterocycles. The molecule has 4 aliphatic carbocycles. The lowest BCUT2D eigenvalue weighted by Gasteiger charge is -2.57. The molecule has 1 aliphatic heterocycles. The van der Waals surface area contributed by atoms with Gasteiger partial charge in [0.15, 0.2) is 0 Å². The fourth-order valence-corrected chi connectivity index (χ4v) is 7.03. The molecule has 0 radical (unpaired) electrons. The molecular formula is C23H28N6O. The number of nitrogens with zero attached hydrogens (tertiary/aromatic N) is 5. The van der Waals surface area contributed by atoms with Gasteiger partial charge in [-0.2, -0.15) is 0 Å². The normalized spacial score (nSPS) is 31.5. The summed E-state index contributed by atoms with van der Waals surface area (Å²) in [6.45, 7) is 2.18. The van der Waals surface area contributed by atoms with Crippen LogP contribution >= 0.6 is 0 Å². The summed E-state index contributed by atoms with van der Waals surface area (Å²) >= 11 is 0. The highest BCUT2D eigenvalue weighted by atomic mass is 16.2. The highest BCUT2D eigenvalue weighted by molar-refractivity contribution is 5.92. The second kappa shape index (κ2) is 7.00. The van der Waals surface area contributed by atoms with Gasteiger partial charge in [-0.05, 0) is 68.1 Å². The molecule has 7 heteroatoms. The van der Waals surface area contributed by atoms with Gasteiger partial charge in [0.2, 0.25) is 0 Å². The average molecular weight is 405 g/mol. The van der Waals surface area contributed by atoms with Crippen LogP contribution in [0, 0.1) is 23.2 Å². The van der Waals surface area contributed by atoms with Crippen molar-refractivity contribution in [3.8, 4) is 0 Å². The summed E-state index contributed by atoms with van der Waals surface area (Å²) in [5.41, 5.74) is 2.97. The van der Waals surface area contributed by atoms with Gasteiger partial charge in [0.25, 0.3) is 5.91 Å². The number of carbonyl (C=O) groups excluding carboxylic acids is 1. The Morgan fingerprint density at radius 1 is 1.07 bits per heavy atom. The summed E-state index contributed by atoms with van der Waals surface area (Å²) in [4.78, 5) is 31.8. The first kappa shape index (κ1) is 18.2. The number of amides is 1. The Kier molecular flexibility index (Phi) is 4.25. The fraction of sp³-hybridized carbons (Fsp3) is 0.609. The molecular weight excluding hydrogens is 376 g/mol. The summed E-state index contributed by atoms with van der Waals surface area (Å²) in [7, 11) is 0. The third-order valence-corrected chi connectivity index (χ3v) is 7.87. The fourth-order valence-electron chi connectivity index (χ4n) is 7.03. The zero-order chi connectivity index (χ0) is 20.1. The van der Waals surface area contributed by atoms with Crippen LogP contribution in [0.25, 0.3) is 0 Å². The van der Waals surface area contributed by atoms with Gasteiger partial charge in [0.05, 0.1) is 18.4 Å². The van der Waals surface area contributed by atoms with E-state index in [1.807, 2.05) is 4.90 Å². The first-order valence-corrected chi connectivity index (χ1v) is 11.3. The van der Waals surface area contributed by atoms with Gasteiger partial charge >= 0.3 is 0 Å². The van der Waals surface area contributed by atoms with E-state index in [2.05, 4.69) is 25.3 Å². The van der Waals surface area contributed by atoms with Crippen molar-refractivity contribution in [2.75, 3.05) is 18.4 Å². The number of fused-ring (bicyclic) bond motifs is 1. The van der Waals surface area contributed by atoms with Crippen molar-refractivity contribution in [2.24, 2.45) is 23.2 Å². The minimum atomic E-state index is -0.0876. The molecule has 0 unspecified atom stereocenters. The Balaban J connectivity index is 1.17. The van der Waals surface area contributed by atoms with E-state index in [0.29, 0.717) is 24.2 Å². The zero-order valence-corrected chi connectivity index (χ0v) is 17.3. The highest BCUT2D eigenvalue weighted by Gasteiger charge is 2.50. The number of hydrogen-bond donors (Lipinski definition) is 1. The van der Waals surface area contributed by atoms with E-state index in [4.69, 9.17) is 0 Å². The van der Waals surface area contributed by atoms with Gasteiger partial charge in [-0.25, -0.2) is 15.0 Å². The molecule has 1 N–H and O–H groups in total. The molecule has 2 aromatic rings. The third kappa shape index (κ3) is 3.15. The van der Waals surface area contributed by atoms with Gasteiger partial charge in [-0.1, -0.05) is 0 Å². The van der Waals surface area contributed by atoms with Crippen molar-refractivity contribution < 1.29 is 4.79 Å². The van der Waals surface area contributed by atoms with Gasteiger partial charge < -0.3 is 10.2 Å². The zero-order valence-electron chi connectivity index (χ0n) is 17.3. The molecule has 2 aromatic heterocycles. The van der Waals surface area contributed by atoms with Gasteiger partial charge in [0.1, 0.15) is 17.8 Å². The van der Waals surface area contributed by atoms with Crippen LogP contribution < -0.4 is 5.32 Å². The van der Waals surface area contributed by atoms with Crippen LogP contribution in [-0.2, 0) is 13.0 Å². The molecule has 5 aliphatic rings. The number of carbonyl (C=O) groups is 1. The number of aromatic nitrogens is 4. The Morgan fingerprint density at radius 3 is 2.53 bits per heavy atom. The minimum Gasteiger partial charge on any atom is -0.369 e. The second-order valence-electron chi connectivity index (χ2n) is 9.99. The molecule has 0 atom stereocenters. The Morgan fingerprint density at radius 2 is 1.83 bits per heavy atom. The van der Waals surface area contributed by atoms with Crippen LogP contribution in [-0.4, -0.2) is 43.8 Å². The van der Waals surface area contributed by atoms with Crippen LogP contribution in [0.3, 0.4) is 0 Å². The summed E-state index contributed by atoms with van der Waals surface area (Å²) in [6.07, 6.45) is 15.6. The molecule has 30 heavy (non-hydrogen) atoms. The van der Waals surface area contributed by atoms with E-state index >= 15 is 0 Å². The largest absolute Gasteiger partial charge is 0.369 e. The maximum absolute atomic E-state index is 12.7. The number of rotatable bonds is 4. The van der Waals surface area contributed by atoms with E-state index in [9.17, 15) is 4.79 Å². The van der Waals surface area contributed by atoms with Crippen molar-refractivity contribution >= 4 is 11.7 Å². The third-order valence-electron chi connectivity index (χ3n) is 7.87. The molecule has 4 fully saturated rings. The predicted octanol–water partition coefficient (Wildman–Crippen LogP) is 3.09. The smallest absolute Gasteiger partial charge is 0.274 e. The van der Waals surface area contributed by atoms with Crippen molar-refractivity contribution in [1.82, 2.24) is 24.8 Å². The molecule has 0 spiro atoms. The van der Waals surface area contributed by atoms with Crippen LogP contribution in [0.4, 0.5) is 5.82 Å². The van der Waals surface area contributed by atoms with E-state index in [1.165, 1.54) is 50.3 Å². The van der Waals surface area contributed by atoms with Crippen LogP contribution in [0.15, 0.2) is 24.9 Å². The van der Waals surface area contributed by atoms with Crippen LogP contribution in [0.2, 0.25) is 0 Å². The molecule has 1 amide bonds. The van der Waals surface area contributed by atoms with Crippen LogP contribution in [0.1, 0.15) is 60.3 Å². The van der Waals surface area contributed by atoms with Crippen molar-refractivity contribution in [1.29, 1.82) is 0 Å². The Labute approximate surface area is 176 Å². The maximum Gasteiger partial charge on any atom is 0.274 e. The number of nitrogens with one attached hydrogen (secondary N) is 1. The van der Waals surface area contributed by atoms with E-state index in [-0.39, 0.29) is 5.91 Å². The molecule has 7 nitrogen and oxygen atoms in total. The highest BCUT2D eigenvalue weighted by Crippen LogP contribution is 2.59. The minimum absolute atomic E-state index is 0.0876. The Bertz CT molecular complexity index is 926. The second-order valence-corrected chi connectivity index (χ2v) is 9.99. The average Bonchev–Trinajstić information content (AvgIpc) is 2.76. The first-order chi connectivity index (χ1) is 14.7. The lowest BCUT2D eigenvalue weighted by Crippen LogP contribution is -2.49. The van der Waals surface area contributed by atoms with Crippen molar-refractivity contribution in [2.45, 2.75) is 51.5 Å².